The maximum atomic E-state index is 12.8. The zero-order valence-electron chi connectivity index (χ0n) is 13.5. The Labute approximate surface area is 128 Å². The maximum absolute atomic E-state index is 12.8. The Balaban J connectivity index is 2.24. The van der Waals surface area contributed by atoms with E-state index in [1.54, 1.807) is 12.1 Å². The van der Waals surface area contributed by atoms with Gasteiger partial charge in [-0.25, -0.2) is 4.39 Å². The van der Waals surface area contributed by atoms with Crippen molar-refractivity contribution in [1.29, 1.82) is 0 Å². The van der Waals surface area contributed by atoms with Crippen molar-refractivity contribution in [3.8, 4) is 0 Å². The smallest absolute Gasteiger partial charge is 0.162 e. The number of rotatable bonds is 10. The highest BCUT2D eigenvalue weighted by atomic mass is 19.1. The number of halogens is 1. The van der Waals surface area contributed by atoms with Crippen LogP contribution < -0.4 is 5.32 Å². The van der Waals surface area contributed by atoms with Gasteiger partial charge in [0, 0.05) is 17.5 Å². The third-order valence-electron chi connectivity index (χ3n) is 3.76. The molecule has 3 heteroatoms. The molecule has 0 bridgehead atoms. The summed E-state index contributed by atoms with van der Waals surface area (Å²) in [6.07, 6.45) is 6.23. The highest BCUT2D eigenvalue weighted by Crippen LogP contribution is 2.14. The summed E-state index contributed by atoms with van der Waals surface area (Å²) in [4.78, 5) is 11.9. The molecular formula is C18H28FNO. The van der Waals surface area contributed by atoms with Crippen molar-refractivity contribution in [1.82, 2.24) is 5.32 Å². The number of carbonyl (C=O) groups excluding carboxylic acids is 1. The summed E-state index contributed by atoms with van der Waals surface area (Å²) in [7, 11) is 0. The minimum Gasteiger partial charge on any atom is -0.312 e. The minimum absolute atomic E-state index is 0.0839. The average Bonchev–Trinajstić information content (AvgIpc) is 2.44. The van der Waals surface area contributed by atoms with Gasteiger partial charge >= 0.3 is 0 Å². The monoisotopic (exact) mass is 293 g/mol. The number of carbonyl (C=O) groups is 1. The summed E-state index contributed by atoms with van der Waals surface area (Å²) in [5.74, 6) is -0.220. The normalized spacial score (nSPS) is 11.6. The third-order valence-corrected chi connectivity index (χ3v) is 3.76. The van der Waals surface area contributed by atoms with Crippen LogP contribution in [0.15, 0.2) is 24.3 Å². The Morgan fingerprint density at radius 1 is 1.14 bits per heavy atom. The van der Waals surface area contributed by atoms with E-state index in [0.29, 0.717) is 12.0 Å². The van der Waals surface area contributed by atoms with Crippen molar-refractivity contribution < 1.29 is 9.18 Å². The SMILES string of the molecule is CCCCCC(C)(C)NCCCC(=O)c1ccc(F)cc1. The zero-order chi connectivity index (χ0) is 15.7. The Kier molecular flexibility index (Phi) is 7.58. The van der Waals surface area contributed by atoms with Crippen LogP contribution in [0.25, 0.3) is 0 Å². The lowest BCUT2D eigenvalue weighted by molar-refractivity contribution is 0.0979. The van der Waals surface area contributed by atoms with E-state index in [2.05, 4.69) is 26.1 Å². The van der Waals surface area contributed by atoms with Crippen LogP contribution in [0.3, 0.4) is 0 Å². The molecule has 1 aromatic rings. The van der Waals surface area contributed by atoms with E-state index in [1.165, 1.54) is 31.4 Å². The average molecular weight is 293 g/mol. The molecule has 1 N–H and O–H groups in total. The third kappa shape index (κ3) is 7.37. The van der Waals surface area contributed by atoms with E-state index in [4.69, 9.17) is 0 Å². The van der Waals surface area contributed by atoms with E-state index < -0.39 is 0 Å². The molecule has 0 aliphatic carbocycles. The number of ketones is 1. The first-order chi connectivity index (χ1) is 9.94. The molecule has 0 aliphatic heterocycles. The van der Waals surface area contributed by atoms with Gasteiger partial charge in [0.05, 0.1) is 0 Å². The summed E-state index contributed by atoms with van der Waals surface area (Å²) < 4.78 is 12.8. The van der Waals surface area contributed by atoms with Crippen molar-refractivity contribution >= 4 is 5.78 Å². The van der Waals surface area contributed by atoms with Gasteiger partial charge in [0.25, 0.3) is 0 Å². The molecular weight excluding hydrogens is 265 g/mol. The van der Waals surface area contributed by atoms with E-state index in [0.717, 1.165) is 19.4 Å². The van der Waals surface area contributed by atoms with Crippen LogP contribution in [0.2, 0.25) is 0 Å². The second kappa shape index (κ2) is 8.93. The number of benzene rings is 1. The van der Waals surface area contributed by atoms with Crippen LogP contribution in [0, 0.1) is 5.82 Å². The second-order valence-corrected chi connectivity index (χ2v) is 6.30. The van der Waals surface area contributed by atoms with Gasteiger partial charge in [0.15, 0.2) is 5.78 Å². The van der Waals surface area contributed by atoms with Crippen molar-refractivity contribution in [3.05, 3.63) is 35.6 Å². The summed E-state index contributed by atoms with van der Waals surface area (Å²) in [6, 6.07) is 5.78. The lowest BCUT2D eigenvalue weighted by atomic mass is 9.96. The summed E-state index contributed by atoms with van der Waals surface area (Å²) in [6.45, 7) is 7.47. The topological polar surface area (TPSA) is 29.1 Å². The van der Waals surface area contributed by atoms with Crippen LogP contribution >= 0.6 is 0 Å². The Morgan fingerprint density at radius 2 is 1.81 bits per heavy atom. The van der Waals surface area contributed by atoms with Crippen LogP contribution in [0.4, 0.5) is 4.39 Å². The van der Waals surface area contributed by atoms with Gasteiger partial charge in [-0.1, -0.05) is 26.2 Å². The van der Waals surface area contributed by atoms with Gasteiger partial charge in [0.1, 0.15) is 5.82 Å². The predicted octanol–water partition coefficient (Wildman–Crippen LogP) is 4.74. The fourth-order valence-corrected chi connectivity index (χ4v) is 2.36. The Hall–Kier alpha value is -1.22. The minimum atomic E-state index is -0.304. The number of hydrogen-bond acceptors (Lipinski definition) is 2. The van der Waals surface area contributed by atoms with Gasteiger partial charge in [-0.2, -0.15) is 0 Å². The Bertz CT molecular complexity index is 425. The zero-order valence-corrected chi connectivity index (χ0v) is 13.5. The lowest BCUT2D eigenvalue weighted by Crippen LogP contribution is -2.39. The van der Waals surface area contributed by atoms with E-state index in [-0.39, 0.29) is 17.1 Å². The molecule has 0 heterocycles. The van der Waals surface area contributed by atoms with Crippen molar-refractivity contribution in [2.45, 2.75) is 64.8 Å². The summed E-state index contributed by atoms with van der Waals surface area (Å²) in [5, 5.41) is 3.52. The molecule has 0 aromatic heterocycles. The van der Waals surface area contributed by atoms with Crippen LogP contribution in [-0.4, -0.2) is 17.9 Å². The Morgan fingerprint density at radius 3 is 2.43 bits per heavy atom. The first kappa shape index (κ1) is 17.8. The molecule has 1 rings (SSSR count). The molecule has 0 unspecified atom stereocenters. The van der Waals surface area contributed by atoms with E-state index >= 15 is 0 Å². The summed E-state index contributed by atoms with van der Waals surface area (Å²) >= 11 is 0. The van der Waals surface area contributed by atoms with Gasteiger partial charge < -0.3 is 5.32 Å². The molecule has 0 amide bonds. The van der Waals surface area contributed by atoms with Gasteiger partial charge in [-0.3, -0.25) is 4.79 Å². The molecule has 0 saturated carbocycles. The van der Waals surface area contributed by atoms with E-state index in [1.807, 2.05) is 0 Å². The predicted molar refractivity (Wildman–Crippen MR) is 86.2 cm³/mol. The van der Waals surface area contributed by atoms with Crippen molar-refractivity contribution in [2.75, 3.05) is 6.54 Å². The molecule has 0 fully saturated rings. The molecule has 2 nitrogen and oxygen atoms in total. The van der Waals surface area contributed by atoms with Crippen LogP contribution in [0.5, 0.6) is 0 Å². The summed E-state index contributed by atoms with van der Waals surface area (Å²) in [5.41, 5.74) is 0.729. The van der Waals surface area contributed by atoms with Crippen molar-refractivity contribution in [3.63, 3.8) is 0 Å². The fourth-order valence-electron chi connectivity index (χ4n) is 2.36. The molecule has 0 aliphatic rings. The first-order valence-electron chi connectivity index (χ1n) is 7.98. The number of nitrogens with one attached hydrogen (secondary N) is 1. The highest BCUT2D eigenvalue weighted by molar-refractivity contribution is 5.95. The van der Waals surface area contributed by atoms with E-state index in [9.17, 15) is 9.18 Å². The molecule has 21 heavy (non-hydrogen) atoms. The van der Waals surface area contributed by atoms with Crippen LogP contribution in [-0.2, 0) is 0 Å². The molecule has 0 radical (unpaired) electrons. The quantitative estimate of drug-likeness (QED) is 0.499. The second-order valence-electron chi connectivity index (χ2n) is 6.30. The molecule has 118 valence electrons. The van der Waals surface area contributed by atoms with Crippen LogP contribution in [0.1, 0.15) is 69.7 Å². The number of hydrogen-bond donors (Lipinski definition) is 1. The van der Waals surface area contributed by atoms with Gasteiger partial charge in [-0.05, 0) is 57.5 Å². The highest BCUT2D eigenvalue weighted by Gasteiger charge is 2.15. The molecule has 0 spiro atoms. The largest absolute Gasteiger partial charge is 0.312 e. The maximum Gasteiger partial charge on any atom is 0.162 e. The number of Topliss-reactive ketones (excluding diaryl/α,β-unsaturated/α-hetero) is 1. The van der Waals surface area contributed by atoms with Gasteiger partial charge in [0.2, 0.25) is 0 Å². The lowest BCUT2D eigenvalue weighted by Gasteiger charge is -2.26. The molecule has 0 saturated heterocycles. The molecule has 1 aromatic carbocycles. The fraction of sp³-hybridized carbons (Fsp3) is 0.611. The molecule has 0 atom stereocenters. The number of unbranched alkanes of at least 4 members (excludes halogenated alkanes) is 2. The van der Waals surface area contributed by atoms with Gasteiger partial charge in [-0.15, -0.1) is 0 Å². The standard InChI is InChI=1S/C18H28FNO/c1-4-5-6-13-18(2,3)20-14-7-8-17(21)15-9-11-16(19)12-10-15/h9-12,20H,4-8,13-14H2,1-3H3. The van der Waals surface area contributed by atoms with Crippen molar-refractivity contribution in [2.24, 2.45) is 0 Å². The first-order valence-corrected chi connectivity index (χ1v) is 7.98.